The lowest BCUT2D eigenvalue weighted by Crippen LogP contribution is -2.31. The summed E-state index contributed by atoms with van der Waals surface area (Å²) in [5, 5.41) is 11.7. The monoisotopic (exact) mass is 368 g/mol. The van der Waals surface area contributed by atoms with Gasteiger partial charge >= 0.3 is 5.97 Å². The number of para-hydroxylation sites is 1. The van der Waals surface area contributed by atoms with Gasteiger partial charge in [-0.25, -0.2) is 9.18 Å². The van der Waals surface area contributed by atoms with E-state index in [9.17, 15) is 14.0 Å². The number of aliphatic hydroxyl groups is 1. The van der Waals surface area contributed by atoms with Crippen molar-refractivity contribution in [2.45, 2.75) is 0 Å². The lowest BCUT2D eigenvalue weighted by atomic mass is 10.2. The highest BCUT2D eigenvalue weighted by atomic mass is 19.1. The number of rotatable bonds is 9. The second-order valence-electron chi connectivity index (χ2n) is 5.37. The second-order valence-corrected chi connectivity index (χ2v) is 5.37. The number of carbonyl (C=O) groups is 2. The van der Waals surface area contributed by atoms with Crippen molar-refractivity contribution in [1.29, 1.82) is 0 Å². The summed E-state index contributed by atoms with van der Waals surface area (Å²) in [5.74, 6) is -1.72. The van der Waals surface area contributed by atoms with Crippen molar-refractivity contribution >= 4 is 17.6 Å². The highest BCUT2D eigenvalue weighted by molar-refractivity contribution is 6.08. The Balaban J connectivity index is 2.34. The van der Waals surface area contributed by atoms with E-state index in [4.69, 9.17) is 19.3 Å². The summed E-state index contributed by atoms with van der Waals surface area (Å²) in [7, 11) is 2.70. The van der Waals surface area contributed by atoms with E-state index in [1.54, 1.807) is 0 Å². The summed E-state index contributed by atoms with van der Waals surface area (Å²) in [4.78, 5) is 25.8. The molecule has 0 aliphatic carbocycles. The van der Waals surface area contributed by atoms with Gasteiger partial charge in [-0.05, 0) is 12.1 Å². The highest BCUT2D eigenvalue weighted by Crippen LogP contribution is 2.31. The fraction of sp³-hybridized carbons (Fsp3) is 0.412. The summed E-state index contributed by atoms with van der Waals surface area (Å²) in [6, 6.07) is 4.20. The number of nitrogens with one attached hydrogen (secondary N) is 1. The van der Waals surface area contributed by atoms with Gasteiger partial charge in [-0.3, -0.25) is 4.79 Å². The van der Waals surface area contributed by atoms with E-state index in [0.717, 1.165) is 0 Å². The van der Waals surface area contributed by atoms with Gasteiger partial charge in [0.05, 0.1) is 32.4 Å². The molecule has 0 fully saturated rings. The first-order chi connectivity index (χ1) is 12.5. The van der Waals surface area contributed by atoms with Crippen LogP contribution in [0.4, 0.5) is 10.1 Å². The van der Waals surface area contributed by atoms with Crippen molar-refractivity contribution in [2.75, 3.05) is 52.4 Å². The van der Waals surface area contributed by atoms with Crippen LogP contribution in [0.2, 0.25) is 0 Å². The minimum Gasteiger partial charge on any atom is -0.489 e. The summed E-state index contributed by atoms with van der Waals surface area (Å²) >= 11 is 0. The molecule has 1 aliphatic heterocycles. The molecule has 0 saturated carbocycles. The van der Waals surface area contributed by atoms with Gasteiger partial charge in [0.15, 0.2) is 0 Å². The van der Waals surface area contributed by atoms with Gasteiger partial charge in [0.2, 0.25) is 0 Å². The Bertz CT molecular complexity index is 706. The van der Waals surface area contributed by atoms with E-state index in [2.05, 4.69) is 5.32 Å². The molecule has 0 aromatic heterocycles. The number of carbonyl (C=O) groups excluding carboxylic acids is 2. The largest absolute Gasteiger partial charge is 0.489 e. The molecule has 2 N–H and O–H groups in total. The molecule has 0 radical (unpaired) electrons. The molecule has 9 heteroatoms. The molecule has 26 heavy (non-hydrogen) atoms. The molecule has 142 valence electrons. The van der Waals surface area contributed by atoms with E-state index < -0.39 is 17.7 Å². The van der Waals surface area contributed by atoms with Crippen LogP contribution in [0.1, 0.15) is 0 Å². The molecule has 1 amide bonds. The van der Waals surface area contributed by atoms with Crippen molar-refractivity contribution in [1.82, 2.24) is 4.90 Å². The zero-order valence-electron chi connectivity index (χ0n) is 14.6. The van der Waals surface area contributed by atoms with Crippen LogP contribution >= 0.6 is 0 Å². The van der Waals surface area contributed by atoms with E-state index in [1.807, 2.05) is 0 Å². The molecule has 2 rings (SSSR count). The number of hydrogen-bond acceptors (Lipinski definition) is 7. The van der Waals surface area contributed by atoms with E-state index >= 15 is 0 Å². The third-order valence-corrected chi connectivity index (χ3v) is 3.72. The van der Waals surface area contributed by atoms with Gasteiger partial charge in [0.1, 0.15) is 29.6 Å². The lowest BCUT2D eigenvalue weighted by Gasteiger charge is -2.16. The lowest BCUT2D eigenvalue weighted by molar-refractivity contribution is -0.136. The molecule has 1 aromatic carbocycles. The molecule has 1 aliphatic rings. The Kier molecular flexibility index (Phi) is 6.93. The number of hydrogen-bond donors (Lipinski definition) is 2. The van der Waals surface area contributed by atoms with Crippen molar-refractivity contribution < 1.29 is 33.3 Å². The zero-order chi connectivity index (χ0) is 19.1. The summed E-state index contributed by atoms with van der Waals surface area (Å²) in [6.45, 7) is 0.220. The number of nitrogens with zero attached hydrogens (tertiary/aromatic N) is 1. The number of halogens is 1. The van der Waals surface area contributed by atoms with Gasteiger partial charge < -0.3 is 29.5 Å². The fourth-order valence-electron chi connectivity index (χ4n) is 2.45. The van der Waals surface area contributed by atoms with Gasteiger partial charge in [-0.15, -0.1) is 0 Å². The van der Waals surface area contributed by atoms with Crippen LogP contribution in [-0.2, 0) is 19.1 Å². The number of ether oxygens (including phenoxy) is 3. The first-order valence-electron chi connectivity index (χ1n) is 7.92. The van der Waals surface area contributed by atoms with E-state index in [0.29, 0.717) is 6.61 Å². The third-order valence-electron chi connectivity index (χ3n) is 3.72. The maximum absolute atomic E-state index is 14.3. The van der Waals surface area contributed by atoms with Crippen LogP contribution in [0, 0.1) is 5.82 Å². The molecule has 0 atom stereocenters. The number of amides is 1. The predicted octanol–water partition coefficient (Wildman–Crippen LogP) is 0.524. The summed E-state index contributed by atoms with van der Waals surface area (Å²) in [5.41, 5.74) is -0.122. The Morgan fingerprint density at radius 2 is 2.12 bits per heavy atom. The number of benzene rings is 1. The Labute approximate surface area is 150 Å². The SMILES string of the molecule is COCCOc1cccc(F)c1NC1=C(C(=O)OC)CN(CCO)C1=O. The maximum atomic E-state index is 14.3. The molecule has 1 aromatic rings. The normalized spacial score (nSPS) is 14.0. The molecular weight excluding hydrogens is 347 g/mol. The van der Waals surface area contributed by atoms with Crippen molar-refractivity contribution in [3.05, 3.63) is 35.3 Å². The Hall–Kier alpha value is -2.65. The Morgan fingerprint density at radius 3 is 2.77 bits per heavy atom. The van der Waals surface area contributed by atoms with Gasteiger partial charge in [0, 0.05) is 13.7 Å². The number of anilines is 1. The van der Waals surface area contributed by atoms with Gasteiger partial charge in [-0.2, -0.15) is 0 Å². The summed E-state index contributed by atoms with van der Waals surface area (Å²) in [6.07, 6.45) is 0. The predicted molar refractivity (Wildman–Crippen MR) is 90.1 cm³/mol. The van der Waals surface area contributed by atoms with Crippen molar-refractivity contribution in [3.8, 4) is 5.75 Å². The molecule has 8 nitrogen and oxygen atoms in total. The number of esters is 1. The number of β-amino-alcohol motifs (C(OH)–C–C–N with tert-alkyl or cyclic N) is 1. The third kappa shape index (κ3) is 4.30. The summed E-state index contributed by atoms with van der Waals surface area (Å²) < 4.78 is 29.4. The maximum Gasteiger partial charge on any atom is 0.337 e. The zero-order valence-corrected chi connectivity index (χ0v) is 14.6. The first-order valence-corrected chi connectivity index (χ1v) is 7.92. The second kappa shape index (κ2) is 9.16. The van der Waals surface area contributed by atoms with Crippen molar-refractivity contribution in [2.24, 2.45) is 0 Å². The minimum absolute atomic E-state index is 0.0390. The van der Waals surface area contributed by atoms with E-state index in [-0.39, 0.29) is 49.0 Å². The molecule has 0 saturated heterocycles. The molecule has 0 bridgehead atoms. The van der Waals surface area contributed by atoms with Gasteiger partial charge in [-0.1, -0.05) is 6.07 Å². The van der Waals surface area contributed by atoms with Crippen LogP contribution in [0.5, 0.6) is 5.75 Å². The molecule has 0 unspecified atom stereocenters. The van der Waals surface area contributed by atoms with E-state index in [1.165, 1.54) is 37.3 Å². The average Bonchev–Trinajstić information content (AvgIpc) is 2.94. The highest BCUT2D eigenvalue weighted by Gasteiger charge is 2.35. The van der Waals surface area contributed by atoms with Crippen LogP contribution in [0.3, 0.4) is 0 Å². The standard InChI is InChI=1S/C17H21FN2O6/c1-24-8-9-26-13-5-3-4-12(18)15(13)19-14-11(17(23)25-2)10-20(6-7-21)16(14)22/h3-5,19,21H,6-10H2,1-2H3. The fourth-order valence-corrected chi connectivity index (χ4v) is 2.45. The van der Waals surface area contributed by atoms with Crippen LogP contribution in [-0.4, -0.2) is 69.0 Å². The first kappa shape index (κ1) is 19.7. The molecule has 0 spiro atoms. The van der Waals surface area contributed by atoms with Crippen LogP contribution < -0.4 is 10.1 Å². The number of methoxy groups -OCH3 is 2. The minimum atomic E-state index is -0.709. The van der Waals surface area contributed by atoms with Gasteiger partial charge in [0.25, 0.3) is 5.91 Å². The van der Waals surface area contributed by atoms with Crippen molar-refractivity contribution in [3.63, 3.8) is 0 Å². The molecule has 1 heterocycles. The van der Waals surface area contributed by atoms with Crippen LogP contribution in [0.15, 0.2) is 29.5 Å². The number of aliphatic hydroxyl groups excluding tert-OH is 1. The smallest absolute Gasteiger partial charge is 0.337 e. The topological polar surface area (TPSA) is 97.3 Å². The average molecular weight is 368 g/mol. The molecular formula is C17H21FN2O6. The Morgan fingerprint density at radius 1 is 1.35 bits per heavy atom. The van der Waals surface area contributed by atoms with Crippen LogP contribution in [0.25, 0.3) is 0 Å². The quantitative estimate of drug-likeness (QED) is 0.485.